The fraction of sp³-hybridized carbons (Fsp3) is 0.250. The Bertz CT molecular complexity index is 979. The van der Waals surface area contributed by atoms with E-state index in [1.165, 1.54) is 0 Å². The number of pyridine rings is 1. The third kappa shape index (κ3) is 3.18. The van der Waals surface area contributed by atoms with Gasteiger partial charge in [0, 0.05) is 29.7 Å². The molecule has 1 unspecified atom stereocenters. The van der Waals surface area contributed by atoms with Gasteiger partial charge >= 0.3 is 0 Å². The summed E-state index contributed by atoms with van der Waals surface area (Å²) in [5.41, 5.74) is 4.99. The molecule has 0 aliphatic rings. The van der Waals surface area contributed by atoms with Crippen molar-refractivity contribution < 1.29 is 0 Å². The van der Waals surface area contributed by atoms with Crippen LogP contribution in [0.3, 0.4) is 0 Å². The van der Waals surface area contributed by atoms with Gasteiger partial charge in [-0.15, -0.1) is 5.10 Å². The van der Waals surface area contributed by atoms with Crippen molar-refractivity contribution in [3.8, 4) is 11.3 Å². The highest BCUT2D eigenvalue weighted by atomic mass is 15.4. The number of hydrogen-bond donors (Lipinski definition) is 1. The van der Waals surface area contributed by atoms with E-state index in [0.717, 1.165) is 28.3 Å². The zero-order valence-corrected chi connectivity index (χ0v) is 15.2. The van der Waals surface area contributed by atoms with E-state index in [4.69, 9.17) is 0 Å². The zero-order chi connectivity index (χ0) is 18.1. The second-order valence-corrected chi connectivity index (χ2v) is 6.75. The first kappa shape index (κ1) is 16.3. The Hall–Kier alpha value is -3.15. The number of benzene rings is 1. The molecule has 3 aromatic heterocycles. The summed E-state index contributed by atoms with van der Waals surface area (Å²) < 4.78 is 3.90. The highest BCUT2D eigenvalue weighted by Gasteiger charge is 2.11. The number of nitrogens with zero attached hydrogens (tertiary/aromatic N) is 5. The van der Waals surface area contributed by atoms with Gasteiger partial charge in [0.2, 0.25) is 0 Å². The minimum atomic E-state index is 0.0866. The molecular formula is C20H22N6. The van der Waals surface area contributed by atoms with E-state index in [0.29, 0.717) is 6.04 Å². The summed E-state index contributed by atoms with van der Waals surface area (Å²) in [6.45, 7) is 6.27. The van der Waals surface area contributed by atoms with E-state index in [1.54, 1.807) is 0 Å². The quantitative estimate of drug-likeness (QED) is 0.584. The Morgan fingerprint density at radius 1 is 0.962 bits per heavy atom. The molecule has 6 heteroatoms. The van der Waals surface area contributed by atoms with Crippen LogP contribution in [0.15, 0.2) is 61.1 Å². The standard InChI is InChI=1S/C20H22N6/c1-14(2)26-13-18(23-24-26)15(3)21-17-9-7-16(8-10-17)19-12-25-11-5-4-6-20(25)22-19/h4-15,21H,1-3H3. The largest absolute Gasteiger partial charge is 0.377 e. The van der Waals surface area contributed by atoms with Crippen LogP contribution in [-0.4, -0.2) is 24.4 Å². The molecule has 132 valence electrons. The summed E-state index contributed by atoms with van der Waals surface area (Å²) >= 11 is 0. The fourth-order valence-electron chi connectivity index (χ4n) is 2.88. The SMILES string of the molecule is CC(Nc1ccc(-c2cn3ccccc3n2)cc1)c1cn(C(C)C)nn1. The average molecular weight is 346 g/mol. The first-order valence-electron chi connectivity index (χ1n) is 8.82. The minimum absolute atomic E-state index is 0.0866. The summed E-state index contributed by atoms with van der Waals surface area (Å²) in [6.07, 6.45) is 6.05. The number of anilines is 1. The predicted octanol–water partition coefficient (Wildman–Crippen LogP) is 4.35. The first-order chi connectivity index (χ1) is 12.6. The average Bonchev–Trinajstić information content (AvgIpc) is 3.29. The van der Waals surface area contributed by atoms with Crippen molar-refractivity contribution in [2.75, 3.05) is 5.32 Å². The maximum absolute atomic E-state index is 4.66. The van der Waals surface area contributed by atoms with Crippen molar-refractivity contribution in [1.82, 2.24) is 24.4 Å². The van der Waals surface area contributed by atoms with Crippen molar-refractivity contribution in [1.29, 1.82) is 0 Å². The molecule has 0 spiro atoms. The molecule has 1 N–H and O–H groups in total. The van der Waals surface area contributed by atoms with Crippen LogP contribution in [0, 0.1) is 0 Å². The summed E-state index contributed by atoms with van der Waals surface area (Å²) in [7, 11) is 0. The van der Waals surface area contributed by atoms with Crippen molar-refractivity contribution in [2.24, 2.45) is 0 Å². The molecule has 0 amide bonds. The summed E-state index contributed by atoms with van der Waals surface area (Å²) in [4.78, 5) is 4.66. The maximum atomic E-state index is 4.66. The van der Waals surface area contributed by atoms with Gasteiger partial charge in [-0.3, -0.25) is 0 Å². The normalized spacial score (nSPS) is 12.6. The van der Waals surface area contributed by atoms with Crippen LogP contribution in [0.4, 0.5) is 5.69 Å². The minimum Gasteiger partial charge on any atom is -0.377 e. The fourth-order valence-corrected chi connectivity index (χ4v) is 2.88. The van der Waals surface area contributed by atoms with Gasteiger partial charge in [0.25, 0.3) is 0 Å². The van der Waals surface area contributed by atoms with Crippen LogP contribution in [0.5, 0.6) is 0 Å². The van der Waals surface area contributed by atoms with Gasteiger partial charge in [-0.05, 0) is 45.0 Å². The summed E-state index contributed by atoms with van der Waals surface area (Å²) in [5.74, 6) is 0. The third-order valence-corrected chi connectivity index (χ3v) is 4.43. The van der Waals surface area contributed by atoms with Crippen LogP contribution >= 0.6 is 0 Å². The molecule has 0 bridgehead atoms. The number of nitrogens with one attached hydrogen (secondary N) is 1. The van der Waals surface area contributed by atoms with Gasteiger partial charge in [0.05, 0.1) is 17.9 Å². The van der Waals surface area contributed by atoms with Crippen molar-refractivity contribution >= 4 is 11.3 Å². The Balaban J connectivity index is 1.50. The van der Waals surface area contributed by atoms with Crippen molar-refractivity contribution in [2.45, 2.75) is 32.9 Å². The van der Waals surface area contributed by atoms with Crippen LogP contribution in [0.1, 0.15) is 38.5 Å². The second-order valence-electron chi connectivity index (χ2n) is 6.75. The molecule has 6 nitrogen and oxygen atoms in total. The maximum Gasteiger partial charge on any atom is 0.137 e. The molecule has 3 heterocycles. The van der Waals surface area contributed by atoms with E-state index in [9.17, 15) is 0 Å². The molecule has 0 radical (unpaired) electrons. The monoisotopic (exact) mass is 346 g/mol. The smallest absolute Gasteiger partial charge is 0.137 e. The first-order valence-corrected chi connectivity index (χ1v) is 8.82. The lowest BCUT2D eigenvalue weighted by Crippen LogP contribution is -2.07. The number of imidazole rings is 1. The second kappa shape index (κ2) is 6.63. The molecule has 1 atom stereocenters. The Morgan fingerprint density at radius 2 is 1.77 bits per heavy atom. The Labute approximate surface area is 152 Å². The number of aromatic nitrogens is 5. The van der Waals surface area contributed by atoms with Crippen molar-refractivity contribution in [3.05, 3.63) is 66.7 Å². The molecule has 0 saturated carbocycles. The topological polar surface area (TPSA) is 60.0 Å². The Morgan fingerprint density at radius 3 is 2.46 bits per heavy atom. The molecular weight excluding hydrogens is 324 g/mol. The molecule has 26 heavy (non-hydrogen) atoms. The summed E-state index contributed by atoms with van der Waals surface area (Å²) in [5, 5.41) is 11.9. The van der Waals surface area contributed by atoms with E-state index >= 15 is 0 Å². The molecule has 4 aromatic rings. The summed E-state index contributed by atoms with van der Waals surface area (Å²) in [6, 6.07) is 14.7. The van der Waals surface area contributed by atoms with Gasteiger partial charge in [-0.25, -0.2) is 9.67 Å². The molecule has 4 rings (SSSR count). The lowest BCUT2D eigenvalue weighted by molar-refractivity contribution is 0.514. The van der Waals surface area contributed by atoms with Gasteiger partial charge in [-0.2, -0.15) is 0 Å². The predicted molar refractivity (Wildman–Crippen MR) is 103 cm³/mol. The molecule has 0 saturated heterocycles. The van der Waals surface area contributed by atoms with E-state index in [-0.39, 0.29) is 6.04 Å². The van der Waals surface area contributed by atoms with E-state index < -0.39 is 0 Å². The zero-order valence-electron chi connectivity index (χ0n) is 15.2. The Kier molecular flexibility index (Phi) is 4.16. The van der Waals surface area contributed by atoms with E-state index in [1.807, 2.05) is 45.9 Å². The molecule has 0 aliphatic heterocycles. The lowest BCUT2D eigenvalue weighted by atomic mass is 10.1. The number of hydrogen-bond acceptors (Lipinski definition) is 4. The number of rotatable bonds is 5. The van der Waals surface area contributed by atoms with Gasteiger partial charge in [-0.1, -0.05) is 23.4 Å². The lowest BCUT2D eigenvalue weighted by Gasteiger charge is -2.13. The van der Waals surface area contributed by atoms with E-state index in [2.05, 4.69) is 65.6 Å². The molecule has 0 aliphatic carbocycles. The molecule has 0 fully saturated rings. The van der Waals surface area contributed by atoms with Crippen molar-refractivity contribution in [3.63, 3.8) is 0 Å². The highest BCUT2D eigenvalue weighted by Crippen LogP contribution is 2.23. The highest BCUT2D eigenvalue weighted by molar-refractivity contribution is 5.65. The van der Waals surface area contributed by atoms with Gasteiger partial charge < -0.3 is 9.72 Å². The van der Waals surface area contributed by atoms with Crippen LogP contribution in [-0.2, 0) is 0 Å². The number of fused-ring (bicyclic) bond motifs is 1. The third-order valence-electron chi connectivity index (χ3n) is 4.43. The van der Waals surface area contributed by atoms with Crippen LogP contribution in [0.25, 0.3) is 16.9 Å². The van der Waals surface area contributed by atoms with Crippen LogP contribution in [0.2, 0.25) is 0 Å². The van der Waals surface area contributed by atoms with Gasteiger partial charge in [0.1, 0.15) is 11.3 Å². The molecule has 1 aromatic carbocycles. The van der Waals surface area contributed by atoms with Gasteiger partial charge in [0.15, 0.2) is 0 Å². The van der Waals surface area contributed by atoms with Crippen LogP contribution < -0.4 is 5.32 Å².